The van der Waals surface area contributed by atoms with E-state index >= 15 is 0 Å². The van der Waals surface area contributed by atoms with Crippen LogP contribution in [0, 0.1) is 52.3 Å². The third kappa shape index (κ3) is 3.72. The number of carboxylic acids is 1. The first-order chi connectivity index (χ1) is 16.1. The fourth-order valence-corrected chi connectivity index (χ4v) is 8.91. The molecule has 4 aliphatic carbocycles. The van der Waals surface area contributed by atoms with E-state index < -0.39 is 11.6 Å². The van der Waals surface area contributed by atoms with E-state index in [2.05, 4.69) is 25.7 Å². The molecule has 0 amide bonds. The third-order valence-corrected chi connectivity index (χ3v) is 10.8. The second-order valence-corrected chi connectivity index (χ2v) is 12.3. The minimum atomic E-state index is -0.973. The van der Waals surface area contributed by atoms with Gasteiger partial charge in [-0.1, -0.05) is 25.7 Å². The highest BCUT2D eigenvalue weighted by Crippen LogP contribution is 2.68. The fourth-order valence-electron chi connectivity index (χ4n) is 8.91. The molecule has 4 saturated carbocycles. The monoisotopic (exact) mass is 462 g/mol. The molecule has 8 atom stereocenters. The van der Waals surface area contributed by atoms with Crippen LogP contribution in [0.25, 0.3) is 0 Å². The van der Waals surface area contributed by atoms with Gasteiger partial charge in [-0.15, -0.1) is 0 Å². The summed E-state index contributed by atoms with van der Waals surface area (Å²) in [4.78, 5) is 23.4. The number of fused-ring (bicyclic) bond motifs is 5. The number of aromatic carboxylic acids is 1. The van der Waals surface area contributed by atoms with Crippen LogP contribution in [0.15, 0.2) is 24.3 Å². The van der Waals surface area contributed by atoms with Crippen molar-refractivity contribution in [2.24, 2.45) is 40.4 Å². The van der Waals surface area contributed by atoms with Crippen molar-refractivity contribution < 1.29 is 19.8 Å². The minimum absolute atomic E-state index is 0.188. The van der Waals surface area contributed by atoms with Crippen LogP contribution >= 0.6 is 0 Å². The number of benzene rings is 1. The van der Waals surface area contributed by atoms with Gasteiger partial charge < -0.3 is 10.2 Å². The Balaban J connectivity index is 1.32. The number of carbonyl (C=O) groups is 2. The highest BCUT2D eigenvalue weighted by molar-refractivity contribution is 5.87. The molecule has 4 nitrogen and oxygen atoms in total. The first kappa shape index (κ1) is 23.6. The van der Waals surface area contributed by atoms with Gasteiger partial charge in [0, 0.05) is 11.5 Å². The highest BCUT2D eigenvalue weighted by atomic mass is 16.4. The Morgan fingerprint density at radius 3 is 2.29 bits per heavy atom. The van der Waals surface area contributed by atoms with Gasteiger partial charge in [0.2, 0.25) is 0 Å². The van der Waals surface area contributed by atoms with Gasteiger partial charge in [0.05, 0.1) is 5.56 Å². The van der Waals surface area contributed by atoms with Crippen LogP contribution in [0.2, 0.25) is 0 Å². The zero-order valence-electron chi connectivity index (χ0n) is 20.8. The van der Waals surface area contributed by atoms with Crippen molar-refractivity contribution in [2.75, 3.05) is 0 Å². The summed E-state index contributed by atoms with van der Waals surface area (Å²) in [6, 6.07) is 6.55. The Bertz CT molecular complexity index is 1050. The van der Waals surface area contributed by atoms with Crippen molar-refractivity contribution in [2.45, 2.75) is 84.2 Å². The average molecular weight is 463 g/mol. The van der Waals surface area contributed by atoms with E-state index in [9.17, 15) is 14.7 Å². The molecule has 34 heavy (non-hydrogen) atoms. The number of aliphatic hydroxyl groups is 1. The molecule has 0 aliphatic heterocycles. The van der Waals surface area contributed by atoms with Gasteiger partial charge in [-0.05, 0) is 123 Å². The lowest BCUT2D eigenvalue weighted by Crippen LogP contribution is -2.56. The summed E-state index contributed by atoms with van der Waals surface area (Å²) in [7, 11) is 0. The summed E-state index contributed by atoms with van der Waals surface area (Å²) >= 11 is 0. The number of carboxylic acid groups (broad SMARTS) is 1. The second-order valence-electron chi connectivity index (χ2n) is 12.3. The van der Waals surface area contributed by atoms with Crippen LogP contribution < -0.4 is 0 Å². The molecule has 0 aromatic heterocycles. The van der Waals surface area contributed by atoms with E-state index in [0.717, 1.165) is 37.2 Å². The van der Waals surface area contributed by atoms with Gasteiger partial charge in [-0.3, -0.25) is 4.79 Å². The predicted molar refractivity (Wildman–Crippen MR) is 131 cm³/mol. The lowest BCUT2D eigenvalue weighted by Gasteiger charge is -2.61. The Kier molecular flexibility index (Phi) is 5.72. The smallest absolute Gasteiger partial charge is 0.335 e. The molecule has 4 heteroatoms. The zero-order chi connectivity index (χ0) is 24.3. The number of hydrogen-bond acceptors (Lipinski definition) is 3. The molecule has 1 aromatic rings. The van der Waals surface area contributed by atoms with Crippen LogP contribution in [0.5, 0.6) is 0 Å². The van der Waals surface area contributed by atoms with Crippen molar-refractivity contribution in [3.05, 3.63) is 35.4 Å². The summed E-state index contributed by atoms with van der Waals surface area (Å²) in [5.41, 5.74) is 0.444. The largest absolute Gasteiger partial charge is 0.478 e. The molecular formula is C30H38O4. The lowest BCUT2D eigenvalue weighted by atomic mass is 9.44. The summed E-state index contributed by atoms with van der Waals surface area (Å²) in [5, 5.41) is 20.5. The van der Waals surface area contributed by atoms with Gasteiger partial charge in [-0.25, -0.2) is 4.79 Å². The number of ketones is 1. The molecule has 1 aromatic carbocycles. The van der Waals surface area contributed by atoms with E-state index in [1.807, 2.05) is 0 Å². The molecule has 4 fully saturated rings. The molecule has 0 heterocycles. The lowest BCUT2D eigenvalue weighted by molar-refractivity contribution is -0.144. The Morgan fingerprint density at radius 1 is 0.912 bits per heavy atom. The SMILES string of the molecule is CC(=O)[C@H]1CC[C@H]2[C@@H]3CC[C@@H]4C[C@@](O)(C#Cc5ccc(C(=O)O)cc5)CC[C@]4(C)[C@H]3CC[C@]12C. The Labute approximate surface area is 203 Å². The number of Topliss-reactive ketones (excluding diaryl/α,β-unsaturated/α-hetero) is 1. The third-order valence-electron chi connectivity index (χ3n) is 10.8. The minimum Gasteiger partial charge on any atom is -0.478 e. The maximum atomic E-state index is 12.4. The van der Waals surface area contributed by atoms with E-state index in [1.54, 1.807) is 31.2 Å². The maximum Gasteiger partial charge on any atom is 0.335 e. The molecule has 182 valence electrons. The van der Waals surface area contributed by atoms with Crippen molar-refractivity contribution in [3.8, 4) is 11.8 Å². The molecule has 0 radical (unpaired) electrons. The quantitative estimate of drug-likeness (QED) is 0.552. The van der Waals surface area contributed by atoms with E-state index in [-0.39, 0.29) is 22.3 Å². The normalized spacial score (nSPS) is 43.0. The maximum absolute atomic E-state index is 12.4. The van der Waals surface area contributed by atoms with Crippen molar-refractivity contribution in [1.82, 2.24) is 0 Å². The second kappa shape index (κ2) is 8.23. The van der Waals surface area contributed by atoms with E-state index in [1.165, 1.54) is 25.7 Å². The Morgan fingerprint density at radius 2 is 1.62 bits per heavy atom. The van der Waals surface area contributed by atoms with Crippen molar-refractivity contribution in [3.63, 3.8) is 0 Å². The number of rotatable bonds is 2. The Hall–Kier alpha value is -2.12. The van der Waals surface area contributed by atoms with Gasteiger partial charge >= 0.3 is 5.97 Å². The van der Waals surface area contributed by atoms with Gasteiger partial charge in [-0.2, -0.15) is 0 Å². The highest BCUT2D eigenvalue weighted by Gasteiger charge is 2.61. The summed E-state index contributed by atoms with van der Waals surface area (Å²) in [6.45, 7) is 6.68. The zero-order valence-corrected chi connectivity index (χ0v) is 20.8. The average Bonchev–Trinajstić information content (AvgIpc) is 3.16. The topological polar surface area (TPSA) is 74.6 Å². The van der Waals surface area contributed by atoms with Crippen LogP contribution in [0.4, 0.5) is 0 Å². The van der Waals surface area contributed by atoms with Crippen LogP contribution in [0.1, 0.15) is 94.5 Å². The number of hydrogen-bond donors (Lipinski definition) is 2. The predicted octanol–water partition coefficient (Wildman–Crippen LogP) is 5.72. The molecule has 0 spiro atoms. The standard InChI is InChI=1S/C30H38O4/c1-19(31)24-10-11-25-23-9-8-22-18-30(34,15-12-20-4-6-21(7-5-20)27(32)33)17-16-28(22,2)26(23)13-14-29(24,25)3/h4-7,22-26,34H,8-11,13-14,16-18H2,1-3H3,(H,32,33)/t22-,23+,24-,25+,26+,28+,29-,30-/m1/s1. The molecule has 0 unspecified atom stereocenters. The molecule has 0 bridgehead atoms. The van der Waals surface area contributed by atoms with Crippen LogP contribution in [-0.2, 0) is 4.79 Å². The summed E-state index contributed by atoms with van der Waals surface area (Å²) < 4.78 is 0. The van der Waals surface area contributed by atoms with E-state index in [4.69, 9.17) is 5.11 Å². The van der Waals surface area contributed by atoms with Gasteiger partial charge in [0.25, 0.3) is 0 Å². The van der Waals surface area contributed by atoms with Gasteiger partial charge in [0.1, 0.15) is 11.4 Å². The fraction of sp³-hybridized carbons (Fsp3) is 0.667. The van der Waals surface area contributed by atoms with Crippen molar-refractivity contribution in [1.29, 1.82) is 0 Å². The molecule has 4 aliphatic rings. The summed E-state index contributed by atoms with van der Waals surface area (Å²) in [5.74, 6) is 8.53. The van der Waals surface area contributed by atoms with E-state index in [0.29, 0.717) is 30.0 Å². The molecular weight excluding hydrogens is 424 g/mol. The summed E-state index contributed by atoms with van der Waals surface area (Å²) in [6.07, 6.45) is 9.45. The number of carbonyl (C=O) groups excluding carboxylic acids is 1. The van der Waals surface area contributed by atoms with Crippen LogP contribution in [0.3, 0.4) is 0 Å². The first-order valence-corrected chi connectivity index (χ1v) is 13.2. The van der Waals surface area contributed by atoms with Crippen molar-refractivity contribution >= 4 is 11.8 Å². The van der Waals surface area contributed by atoms with Gasteiger partial charge in [0.15, 0.2) is 0 Å². The molecule has 5 rings (SSSR count). The first-order valence-electron chi connectivity index (χ1n) is 13.2. The molecule has 0 saturated heterocycles. The van der Waals surface area contributed by atoms with Crippen LogP contribution in [-0.4, -0.2) is 27.6 Å². The molecule has 2 N–H and O–H groups in total.